The number of aromatic hydroxyl groups is 1. The molecule has 0 saturated carbocycles. The van der Waals surface area contributed by atoms with Crippen molar-refractivity contribution in [2.24, 2.45) is 0 Å². The molecule has 0 bridgehead atoms. The molecule has 20 heavy (non-hydrogen) atoms. The summed E-state index contributed by atoms with van der Waals surface area (Å²) in [5, 5.41) is 12.4. The second-order valence-corrected chi connectivity index (χ2v) is 4.15. The number of carbonyl (C=O) groups is 2. The quantitative estimate of drug-likeness (QED) is 0.788. The van der Waals surface area contributed by atoms with E-state index in [1.807, 2.05) is 0 Å². The second kappa shape index (κ2) is 4.58. The number of hydrogen-bond acceptors (Lipinski definition) is 5. The highest BCUT2D eigenvalue weighted by atomic mass is 16.3. The van der Waals surface area contributed by atoms with Crippen molar-refractivity contribution in [2.75, 3.05) is 0 Å². The molecule has 3 heterocycles. The molecule has 0 saturated heterocycles. The average molecular weight is 267 g/mol. The average Bonchev–Trinajstić information content (AvgIpc) is 2.79. The first kappa shape index (κ1) is 12.0. The predicted molar refractivity (Wildman–Crippen MR) is 70.3 cm³/mol. The van der Waals surface area contributed by atoms with Gasteiger partial charge in [-0.2, -0.15) is 0 Å². The fraction of sp³-hybridized carbons (Fsp3) is 0. The Bertz CT molecular complexity index is 739. The molecule has 0 unspecified atom stereocenters. The van der Waals surface area contributed by atoms with Gasteiger partial charge in [-0.1, -0.05) is 6.07 Å². The number of nitrogens with zero attached hydrogens (tertiary/aromatic N) is 2. The molecule has 6 heteroatoms. The van der Waals surface area contributed by atoms with Crippen LogP contribution in [0.5, 0.6) is 5.75 Å². The van der Waals surface area contributed by atoms with Crippen LogP contribution in [0.1, 0.15) is 5.56 Å². The zero-order chi connectivity index (χ0) is 14.1. The Morgan fingerprint density at radius 3 is 2.55 bits per heavy atom. The summed E-state index contributed by atoms with van der Waals surface area (Å²) >= 11 is 0. The van der Waals surface area contributed by atoms with Crippen LogP contribution in [-0.4, -0.2) is 26.9 Å². The van der Waals surface area contributed by atoms with Crippen molar-refractivity contribution < 1.29 is 14.7 Å². The largest absolute Gasteiger partial charge is 0.505 e. The van der Waals surface area contributed by atoms with Gasteiger partial charge in [0.15, 0.2) is 5.75 Å². The fourth-order valence-corrected chi connectivity index (χ4v) is 1.97. The Morgan fingerprint density at radius 1 is 1.05 bits per heavy atom. The van der Waals surface area contributed by atoms with E-state index < -0.39 is 11.8 Å². The van der Waals surface area contributed by atoms with Crippen LogP contribution >= 0.6 is 0 Å². The minimum Gasteiger partial charge on any atom is -0.505 e. The number of pyridine rings is 2. The van der Waals surface area contributed by atoms with Crippen LogP contribution in [0.25, 0.3) is 17.0 Å². The maximum atomic E-state index is 11.6. The normalized spacial score (nSPS) is 14.1. The Morgan fingerprint density at radius 2 is 1.90 bits per heavy atom. The van der Waals surface area contributed by atoms with E-state index in [9.17, 15) is 14.7 Å². The number of imide groups is 1. The maximum absolute atomic E-state index is 11.6. The molecule has 0 radical (unpaired) electrons. The monoisotopic (exact) mass is 267 g/mol. The number of carbonyl (C=O) groups excluding carboxylic acids is 2. The third-order valence-electron chi connectivity index (χ3n) is 2.88. The van der Waals surface area contributed by atoms with Gasteiger partial charge in [-0.3, -0.25) is 24.9 Å². The van der Waals surface area contributed by atoms with Crippen LogP contribution in [0, 0.1) is 0 Å². The summed E-state index contributed by atoms with van der Waals surface area (Å²) in [7, 11) is 0. The number of rotatable bonds is 2. The number of hydrogen-bond donors (Lipinski definition) is 2. The molecule has 6 nitrogen and oxygen atoms in total. The number of aromatic nitrogens is 2. The highest BCUT2D eigenvalue weighted by Crippen LogP contribution is 2.33. The van der Waals surface area contributed by atoms with E-state index in [0.29, 0.717) is 5.69 Å². The maximum Gasteiger partial charge on any atom is 0.259 e. The minimum absolute atomic E-state index is 0.118. The van der Waals surface area contributed by atoms with Gasteiger partial charge in [-0.25, -0.2) is 0 Å². The molecule has 2 N–H and O–H groups in total. The molecule has 3 rings (SSSR count). The zero-order valence-corrected chi connectivity index (χ0v) is 10.2. The molecule has 0 fully saturated rings. The van der Waals surface area contributed by atoms with Gasteiger partial charge < -0.3 is 5.11 Å². The van der Waals surface area contributed by atoms with Gasteiger partial charge in [-0.05, 0) is 18.2 Å². The molecule has 98 valence electrons. The molecular formula is C14H9N3O3. The Hall–Kier alpha value is -3.02. The minimum atomic E-state index is -0.538. The summed E-state index contributed by atoms with van der Waals surface area (Å²) in [6.45, 7) is 0. The van der Waals surface area contributed by atoms with Gasteiger partial charge in [0.05, 0.1) is 11.3 Å². The van der Waals surface area contributed by atoms with E-state index >= 15 is 0 Å². The van der Waals surface area contributed by atoms with Crippen LogP contribution in [0.3, 0.4) is 0 Å². The van der Waals surface area contributed by atoms with E-state index in [0.717, 1.165) is 6.08 Å². The molecule has 1 aliphatic heterocycles. The molecule has 2 amide bonds. The zero-order valence-electron chi connectivity index (χ0n) is 10.2. The van der Waals surface area contributed by atoms with Crippen molar-refractivity contribution in [1.82, 2.24) is 15.3 Å². The van der Waals surface area contributed by atoms with Gasteiger partial charge in [0.1, 0.15) is 5.69 Å². The second-order valence-electron chi connectivity index (χ2n) is 4.15. The lowest BCUT2D eigenvalue weighted by Gasteiger charge is -2.08. The first-order valence-electron chi connectivity index (χ1n) is 5.83. The summed E-state index contributed by atoms with van der Waals surface area (Å²) in [6.07, 6.45) is 4.18. The Labute approximate surface area is 113 Å². The van der Waals surface area contributed by atoms with Crippen molar-refractivity contribution in [3.8, 4) is 17.1 Å². The molecule has 0 aliphatic carbocycles. The lowest BCUT2D eigenvalue weighted by atomic mass is 10.0. The summed E-state index contributed by atoms with van der Waals surface area (Å²) in [4.78, 5) is 31.0. The first-order valence-corrected chi connectivity index (χ1v) is 5.83. The van der Waals surface area contributed by atoms with Crippen LogP contribution in [0.2, 0.25) is 0 Å². The van der Waals surface area contributed by atoms with E-state index in [-0.39, 0.29) is 22.6 Å². The highest BCUT2D eigenvalue weighted by molar-refractivity contribution is 6.34. The molecule has 2 aromatic heterocycles. The molecule has 1 aliphatic rings. The summed E-state index contributed by atoms with van der Waals surface area (Å²) in [5.74, 6) is -1.22. The van der Waals surface area contributed by atoms with E-state index in [2.05, 4.69) is 15.3 Å². The van der Waals surface area contributed by atoms with E-state index in [1.165, 1.54) is 12.3 Å². The number of nitrogens with one attached hydrogen (secondary N) is 1. The third-order valence-corrected chi connectivity index (χ3v) is 2.88. The van der Waals surface area contributed by atoms with Crippen molar-refractivity contribution in [2.45, 2.75) is 0 Å². The lowest BCUT2D eigenvalue weighted by Crippen LogP contribution is -2.21. The summed E-state index contributed by atoms with van der Waals surface area (Å²) in [6, 6.07) is 6.68. The van der Waals surface area contributed by atoms with Crippen molar-refractivity contribution in [3.05, 3.63) is 48.3 Å². The van der Waals surface area contributed by atoms with Gasteiger partial charge in [0.25, 0.3) is 11.8 Å². The summed E-state index contributed by atoms with van der Waals surface area (Å²) in [5.41, 5.74) is 1.12. The molecule has 0 atom stereocenters. The van der Waals surface area contributed by atoms with Gasteiger partial charge >= 0.3 is 0 Å². The lowest BCUT2D eigenvalue weighted by molar-refractivity contribution is -0.123. The number of amides is 2. The van der Waals surface area contributed by atoms with Crippen molar-refractivity contribution in [1.29, 1.82) is 0 Å². The van der Waals surface area contributed by atoms with Gasteiger partial charge in [0, 0.05) is 24.0 Å². The van der Waals surface area contributed by atoms with E-state index in [1.54, 1.807) is 24.4 Å². The SMILES string of the molecule is O=C1C=C(c2ccnc(-c3ccccn3)c2O)C(=O)N1. The molecule has 0 aromatic carbocycles. The predicted octanol–water partition coefficient (Wildman–Crippen LogP) is 0.889. The van der Waals surface area contributed by atoms with Crippen LogP contribution in [0.4, 0.5) is 0 Å². The molecular weight excluding hydrogens is 258 g/mol. The molecule has 2 aromatic rings. The van der Waals surface area contributed by atoms with E-state index in [4.69, 9.17) is 0 Å². The van der Waals surface area contributed by atoms with Gasteiger partial charge in [0.2, 0.25) is 0 Å². The highest BCUT2D eigenvalue weighted by Gasteiger charge is 2.25. The van der Waals surface area contributed by atoms with Crippen LogP contribution in [0.15, 0.2) is 42.7 Å². The standard InChI is InChI=1S/C14H9N3O3/c18-11-7-9(14(20)17-11)8-4-6-16-12(13(8)19)10-3-1-2-5-15-10/h1-7,19H,(H,17,18,20). The first-order chi connectivity index (χ1) is 9.66. The third kappa shape index (κ3) is 1.93. The molecule has 0 spiro atoms. The summed E-state index contributed by atoms with van der Waals surface area (Å²) < 4.78 is 0. The topological polar surface area (TPSA) is 92.2 Å². The fourth-order valence-electron chi connectivity index (χ4n) is 1.97. The Kier molecular flexibility index (Phi) is 2.76. The van der Waals surface area contributed by atoms with Crippen molar-refractivity contribution >= 4 is 17.4 Å². The van der Waals surface area contributed by atoms with Crippen molar-refractivity contribution in [3.63, 3.8) is 0 Å². The van der Waals surface area contributed by atoms with Gasteiger partial charge in [-0.15, -0.1) is 0 Å². The smallest absolute Gasteiger partial charge is 0.259 e. The van der Waals surface area contributed by atoms with Crippen LogP contribution < -0.4 is 5.32 Å². The van der Waals surface area contributed by atoms with Crippen LogP contribution in [-0.2, 0) is 9.59 Å². The Balaban J connectivity index is 2.14.